The fourth-order valence-corrected chi connectivity index (χ4v) is 4.37. The van der Waals surface area contributed by atoms with Crippen LogP contribution in [0, 0.1) is 11.8 Å². The van der Waals surface area contributed by atoms with Gasteiger partial charge in [0.25, 0.3) is 0 Å². The van der Waals surface area contributed by atoms with E-state index in [1.54, 1.807) is 6.92 Å². The minimum atomic E-state index is -0.855. The molecule has 2 heterocycles. The summed E-state index contributed by atoms with van der Waals surface area (Å²) >= 11 is 0. The van der Waals surface area contributed by atoms with Gasteiger partial charge in [-0.3, -0.25) is 4.79 Å². The van der Waals surface area contributed by atoms with Crippen molar-refractivity contribution in [2.75, 3.05) is 6.61 Å². The number of carbonyl (C=O) groups excluding carboxylic acids is 2. The predicted molar refractivity (Wildman–Crippen MR) is 87.8 cm³/mol. The number of carbonyl (C=O) groups is 2. The van der Waals surface area contributed by atoms with Crippen LogP contribution in [0.4, 0.5) is 0 Å². The van der Waals surface area contributed by atoms with E-state index in [-0.39, 0.29) is 29.2 Å². The van der Waals surface area contributed by atoms with Gasteiger partial charge in [0.05, 0.1) is 35.9 Å². The SMILES string of the molecule is CC(OC(=O)C1CCC2(C)OC2C1)C(=O)OCC1CCC2(C)OC2C1. The predicted octanol–water partition coefficient (Wildman–Crippen LogP) is 2.38. The van der Waals surface area contributed by atoms with Gasteiger partial charge in [0.15, 0.2) is 6.10 Å². The Morgan fingerprint density at radius 3 is 2.36 bits per heavy atom. The van der Waals surface area contributed by atoms with Crippen LogP contribution in [-0.4, -0.2) is 48.1 Å². The van der Waals surface area contributed by atoms with Gasteiger partial charge in [0.1, 0.15) is 0 Å². The monoisotopic (exact) mass is 352 g/mol. The largest absolute Gasteiger partial charge is 0.463 e. The van der Waals surface area contributed by atoms with Crippen LogP contribution in [0.25, 0.3) is 0 Å². The molecule has 0 amide bonds. The molecule has 0 aromatic heterocycles. The molecule has 25 heavy (non-hydrogen) atoms. The van der Waals surface area contributed by atoms with Crippen molar-refractivity contribution in [2.24, 2.45) is 11.8 Å². The van der Waals surface area contributed by atoms with Crippen LogP contribution in [0.15, 0.2) is 0 Å². The molecule has 2 aliphatic heterocycles. The van der Waals surface area contributed by atoms with E-state index in [1.807, 2.05) is 0 Å². The molecule has 0 bridgehead atoms. The van der Waals surface area contributed by atoms with Crippen molar-refractivity contribution >= 4 is 11.9 Å². The van der Waals surface area contributed by atoms with Gasteiger partial charge >= 0.3 is 11.9 Å². The first kappa shape index (κ1) is 17.3. The van der Waals surface area contributed by atoms with Gasteiger partial charge in [0.2, 0.25) is 0 Å². The summed E-state index contributed by atoms with van der Waals surface area (Å²) in [5.74, 6) is -0.585. The molecule has 0 spiro atoms. The number of ether oxygens (including phenoxy) is 4. The number of fused-ring (bicyclic) bond motifs is 2. The first-order valence-corrected chi connectivity index (χ1v) is 9.52. The smallest absolute Gasteiger partial charge is 0.347 e. The molecule has 0 N–H and O–H groups in total. The number of hydrogen-bond acceptors (Lipinski definition) is 6. The lowest BCUT2D eigenvalue weighted by molar-refractivity contribution is -0.170. The van der Waals surface area contributed by atoms with Crippen molar-refractivity contribution in [3.05, 3.63) is 0 Å². The van der Waals surface area contributed by atoms with E-state index in [0.717, 1.165) is 32.1 Å². The molecule has 6 heteroatoms. The van der Waals surface area contributed by atoms with E-state index in [9.17, 15) is 9.59 Å². The maximum atomic E-state index is 12.3. The zero-order valence-electron chi connectivity index (χ0n) is 15.3. The molecule has 4 rings (SSSR count). The average molecular weight is 352 g/mol. The average Bonchev–Trinajstić information content (AvgIpc) is 3.44. The van der Waals surface area contributed by atoms with Crippen LogP contribution in [0.5, 0.6) is 0 Å². The van der Waals surface area contributed by atoms with Gasteiger partial charge in [-0.25, -0.2) is 4.79 Å². The summed E-state index contributed by atoms with van der Waals surface area (Å²) in [6, 6.07) is 0. The lowest BCUT2D eigenvalue weighted by Crippen LogP contribution is -2.34. The maximum Gasteiger partial charge on any atom is 0.347 e. The maximum absolute atomic E-state index is 12.3. The van der Waals surface area contributed by atoms with E-state index in [0.29, 0.717) is 25.0 Å². The standard InChI is InChI=1S/C19H28O6/c1-11(23-17(21)13-5-7-19(3)15(9-13)25-19)16(20)22-10-12-4-6-18(2)14(8-12)24-18/h11-15H,4-10H2,1-3H3. The zero-order valence-corrected chi connectivity index (χ0v) is 15.3. The fraction of sp³-hybridized carbons (Fsp3) is 0.895. The van der Waals surface area contributed by atoms with Gasteiger partial charge in [0, 0.05) is 0 Å². The number of esters is 2. The molecule has 2 aliphatic carbocycles. The summed E-state index contributed by atoms with van der Waals surface area (Å²) in [7, 11) is 0. The molecular weight excluding hydrogens is 324 g/mol. The molecule has 4 fully saturated rings. The Labute approximate surface area is 148 Å². The summed E-state index contributed by atoms with van der Waals surface area (Å²) in [6.45, 7) is 6.19. The van der Waals surface area contributed by atoms with Gasteiger partial charge < -0.3 is 18.9 Å². The number of rotatable bonds is 5. The highest BCUT2D eigenvalue weighted by Crippen LogP contribution is 2.50. The Kier molecular flexibility index (Phi) is 4.11. The second-order valence-corrected chi connectivity index (χ2v) is 8.66. The first-order chi connectivity index (χ1) is 11.8. The molecule has 2 saturated heterocycles. The van der Waals surface area contributed by atoms with Crippen molar-refractivity contribution in [1.29, 1.82) is 0 Å². The van der Waals surface area contributed by atoms with Crippen molar-refractivity contribution in [3.8, 4) is 0 Å². The zero-order chi connectivity index (χ0) is 17.8. The highest BCUT2D eigenvalue weighted by Gasteiger charge is 2.57. The quantitative estimate of drug-likeness (QED) is 0.558. The van der Waals surface area contributed by atoms with Gasteiger partial charge in [-0.15, -0.1) is 0 Å². The summed E-state index contributed by atoms with van der Waals surface area (Å²) in [5, 5.41) is 0. The van der Waals surface area contributed by atoms with Crippen LogP contribution in [0.3, 0.4) is 0 Å². The third kappa shape index (κ3) is 3.43. The second kappa shape index (κ2) is 5.95. The van der Waals surface area contributed by atoms with E-state index >= 15 is 0 Å². The lowest BCUT2D eigenvalue weighted by atomic mass is 9.83. The summed E-state index contributed by atoms with van der Waals surface area (Å²) in [4.78, 5) is 24.4. The molecule has 7 unspecified atom stereocenters. The molecule has 7 atom stereocenters. The van der Waals surface area contributed by atoms with Crippen molar-refractivity contribution in [1.82, 2.24) is 0 Å². The minimum absolute atomic E-state index is 0.0251. The summed E-state index contributed by atoms with van der Waals surface area (Å²) in [6.07, 6.45) is 4.94. The van der Waals surface area contributed by atoms with Crippen LogP contribution in [0.1, 0.15) is 59.3 Å². The second-order valence-electron chi connectivity index (χ2n) is 8.66. The van der Waals surface area contributed by atoms with Crippen LogP contribution in [0.2, 0.25) is 0 Å². The molecule has 0 aromatic carbocycles. The summed E-state index contributed by atoms with van der Waals surface area (Å²) in [5.41, 5.74) is 0.0490. The molecule has 0 radical (unpaired) electrons. The third-order valence-corrected chi connectivity index (χ3v) is 6.57. The lowest BCUT2D eigenvalue weighted by Gasteiger charge is -2.24. The van der Waals surface area contributed by atoms with Gasteiger partial charge in [-0.2, -0.15) is 0 Å². The third-order valence-electron chi connectivity index (χ3n) is 6.57. The van der Waals surface area contributed by atoms with Gasteiger partial charge in [-0.05, 0) is 65.2 Å². The number of epoxide rings is 2. The topological polar surface area (TPSA) is 77.7 Å². The van der Waals surface area contributed by atoms with Crippen molar-refractivity contribution in [3.63, 3.8) is 0 Å². The number of hydrogen-bond donors (Lipinski definition) is 0. The first-order valence-electron chi connectivity index (χ1n) is 9.52. The van der Waals surface area contributed by atoms with E-state index in [4.69, 9.17) is 18.9 Å². The van der Waals surface area contributed by atoms with E-state index in [1.165, 1.54) is 0 Å². The molecule has 140 valence electrons. The Balaban J connectivity index is 1.18. The Bertz CT molecular complexity index is 576. The Morgan fingerprint density at radius 1 is 1.08 bits per heavy atom. The highest BCUT2D eigenvalue weighted by molar-refractivity contribution is 5.80. The summed E-state index contributed by atoms with van der Waals surface area (Å²) < 4.78 is 22.0. The van der Waals surface area contributed by atoms with E-state index < -0.39 is 12.1 Å². The van der Waals surface area contributed by atoms with Gasteiger partial charge in [-0.1, -0.05) is 0 Å². The molecule has 2 saturated carbocycles. The highest BCUT2D eigenvalue weighted by atomic mass is 16.6. The van der Waals surface area contributed by atoms with Crippen LogP contribution < -0.4 is 0 Å². The van der Waals surface area contributed by atoms with Crippen molar-refractivity contribution in [2.45, 2.75) is 88.8 Å². The fourth-order valence-electron chi connectivity index (χ4n) is 4.37. The molecule has 4 aliphatic rings. The van der Waals surface area contributed by atoms with E-state index in [2.05, 4.69) is 13.8 Å². The molecule has 0 aromatic rings. The Morgan fingerprint density at radius 2 is 1.72 bits per heavy atom. The van der Waals surface area contributed by atoms with Crippen LogP contribution >= 0.6 is 0 Å². The molecule has 6 nitrogen and oxygen atoms in total. The van der Waals surface area contributed by atoms with Crippen molar-refractivity contribution < 1.29 is 28.5 Å². The minimum Gasteiger partial charge on any atom is -0.463 e. The van der Waals surface area contributed by atoms with Crippen LogP contribution in [-0.2, 0) is 28.5 Å². The normalized spacial score (nSPS) is 45.6. The molecular formula is C19H28O6. The Hall–Kier alpha value is -1.14.